The molecule has 110 valence electrons. The van der Waals surface area contributed by atoms with E-state index in [0.717, 1.165) is 0 Å². The average Bonchev–Trinajstić information content (AvgIpc) is 2.94. The molecule has 4 atom stereocenters. The molecule has 2 aromatic rings. The molecule has 20 heavy (non-hydrogen) atoms. The molecule has 2 aromatic heterocycles. The van der Waals surface area contributed by atoms with Crippen LogP contribution in [-0.2, 0) is 4.74 Å². The van der Waals surface area contributed by atoms with Gasteiger partial charge in [0.15, 0.2) is 17.7 Å². The number of imidazole rings is 1. The first kappa shape index (κ1) is 14.6. The van der Waals surface area contributed by atoms with E-state index in [2.05, 4.69) is 15.0 Å². The zero-order chi connectivity index (χ0) is 13.6. The van der Waals surface area contributed by atoms with Crippen LogP contribution in [0.3, 0.4) is 0 Å². The van der Waals surface area contributed by atoms with Crippen LogP contribution in [0.4, 0.5) is 5.82 Å². The molecular weight excluding hydrogens is 270 g/mol. The van der Waals surface area contributed by atoms with Gasteiger partial charge in [-0.2, -0.15) is 0 Å². The lowest BCUT2D eigenvalue weighted by atomic mass is 10.1. The Morgan fingerprint density at radius 1 is 1.25 bits per heavy atom. The van der Waals surface area contributed by atoms with E-state index in [1.807, 2.05) is 0 Å². The standard InChI is InChI=1S/C10H13N5O4.H2O/c11-8-5-9(13-2-12-8)15(3-14-5)10-7(18)6(17)4(1-16)19-10;/h2-4,6-7,10,16-18H,1H2,(H2,11,12,13);1H2/t4-,6+,7?,10-;/m1./s1. The molecule has 0 bridgehead atoms. The van der Waals surface area contributed by atoms with Crippen molar-refractivity contribution in [2.45, 2.75) is 24.5 Å². The first-order valence-electron chi connectivity index (χ1n) is 5.69. The third-order valence-corrected chi connectivity index (χ3v) is 3.18. The molecule has 1 fully saturated rings. The van der Waals surface area contributed by atoms with E-state index >= 15 is 0 Å². The number of nitrogens with zero attached hydrogens (tertiary/aromatic N) is 4. The van der Waals surface area contributed by atoms with Gasteiger partial charge in [-0.25, -0.2) is 15.0 Å². The van der Waals surface area contributed by atoms with Crippen LogP contribution in [0.25, 0.3) is 11.2 Å². The molecule has 0 aliphatic carbocycles. The maximum absolute atomic E-state index is 9.95. The number of hydrogen-bond acceptors (Lipinski definition) is 8. The molecule has 10 heteroatoms. The van der Waals surface area contributed by atoms with Crippen LogP contribution in [0.15, 0.2) is 12.7 Å². The maximum atomic E-state index is 9.95. The van der Waals surface area contributed by atoms with Crippen molar-refractivity contribution in [3.8, 4) is 0 Å². The molecule has 1 unspecified atom stereocenters. The third-order valence-electron chi connectivity index (χ3n) is 3.18. The van der Waals surface area contributed by atoms with E-state index in [0.29, 0.717) is 11.2 Å². The van der Waals surface area contributed by atoms with Gasteiger partial charge in [0.2, 0.25) is 0 Å². The van der Waals surface area contributed by atoms with Crippen LogP contribution >= 0.6 is 0 Å². The fraction of sp³-hybridized carbons (Fsp3) is 0.500. The minimum atomic E-state index is -1.19. The zero-order valence-corrected chi connectivity index (χ0v) is 10.3. The fourth-order valence-corrected chi connectivity index (χ4v) is 2.17. The molecule has 10 nitrogen and oxygen atoms in total. The molecule has 0 amide bonds. The monoisotopic (exact) mass is 285 g/mol. The maximum Gasteiger partial charge on any atom is 0.167 e. The van der Waals surface area contributed by atoms with Crippen molar-refractivity contribution in [1.82, 2.24) is 19.5 Å². The van der Waals surface area contributed by atoms with E-state index < -0.39 is 31.1 Å². The van der Waals surface area contributed by atoms with Gasteiger partial charge in [0.25, 0.3) is 0 Å². The number of aliphatic hydroxyl groups is 3. The van der Waals surface area contributed by atoms with Crippen molar-refractivity contribution in [2.24, 2.45) is 0 Å². The average molecular weight is 285 g/mol. The van der Waals surface area contributed by atoms with Crippen LogP contribution in [0.1, 0.15) is 6.23 Å². The number of ether oxygens (including phenoxy) is 1. The highest BCUT2D eigenvalue weighted by molar-refractivity contribution is 5.81. The van der Waals surface area contributed by atoms with Crippen molar-refractivity contribution >= 4 is 17.0 Å². The molecule has 0 radical (unpaired) electrons. The molecule has 1 aliphatic heterocycles. The van der Waals surface area contributed by atoms with Crippen LogP contribution < -0.4 is 5.73 Å². The highest BCUT2D eigenvalue weighted by atomic mass is 16.6. The first-order chi connectivity index (χ1) is 9.13. The molecule has 3 heterocycles. The Balaban J connectivity index is 0.00000147. The van der Waals surface area contributed by atoms with Gasteiger partial charge in [-0.15, -0.1) is 0 Å². The summed E-state index contributed by atoms with van der Waals surface area (Å²) in [5.74, 6) is 0.218. The Morgan fingerprint density at radius 3 is 2.65 bits per heavy atom. The molecule has 7 N–H and O–H groups in total. The second-order valence-corrected chi connectivity index (χ2v) is 4.31. The lowest BCUT2D eigenvalue weighted by Crippen LogP contribution is -2.33. The van der Waals surface area contributed by atoms with Gasteiger partial charge in [0, 0.05) is 0 Å². The number of rotatable bonds is 2. The van der Waals surface area contributed by atoms with Crippen molar-refractivity contribution in [3.05, 3.63) is 12.7 Å². The summed E-state index contributed by atoms with van der Waals surface area (Å²) in [5.41, 5.74) is 6.44. The number of hydrogen-bond donors (Lipinski definition) is 4. The van der Waals surface area contributed by atoms with Crippen molar-refractivity contribution in [3.63, 3.8) is 0 Å². The summed E-state index contributed by atoms with van der Waals surface area (Å²) in [4.78, 5) is 11.9. The summed E-state index contributed by atoms with van der Waals surface area (Å²) in [6, 6.07) is 0. The van der Waals surface area contributed by atoms with Gasteiger partial charge < -0.3 is 31.3 Å². The highest BCUT2D eigenvalue weighted by Gasteiger charge is 2.43. The quantitative estimate of drug-likeness (QED) is 0.458. The SMILES string of the molecule is Nc1ncnc2c1ncn2[C@@H]1O[C@H](CO)[C@H](O)C1O.O. The summed E-state index contributed by atoms with van der Waals surface area (Å²) < 4.78 is 6.85. The topological polar surface area (TPSA) is 171 Å². The van der Waals surface area contributed by atoms with E-state index in [4.69, 9.17) is 15.6 Å². The van der Waals surface area contributed by atoms with Gasteiger partial charge in [0.05, 0.1) is 12.9 Å². The molecular formula is C10H15N5O5. The highest BCUT2D eigenvalue weighted by Crippen LogP contribution is 2.31. The zero-order valence-electron chi connectivity index (χ0n) is 10.3. The van der Waals surface area contributed by atoms with Gasteiger partial charge in [-0.1, -0.05) is 0 Å². The lowest BCUT2D eigenvalue weighted by molar-refractivity contribution is -0.0511. The number of anilines is 1. The predicted molar refractivity (Wildman–Crippen MR) is 66.4 cm³/mol. The fourth-order valence-electron chi connectivity index (χ4n) is 2.17. The van der Waals surface area contributed by atoms with Gasteiger partial charge in [-0.05, 0) is 0 Å². The molecule has 1 aliphatic rings. The molecule has 0 aromatic carbocycles. The van der Waals surface area contributed by atoms with Crippen molar-refractivity contribution in [1.29, 1.82) is 0 Å². The van der Waals surface area contributed by atoms with E-state index in [1.165, 1.54) is 17.2 Å². The number of fused-ring (bicyclic) bond motifs is 1. The van der Waals surface area contributed by atoms with Gasteiger partial charge in [0.1, 0.15) is 30.2 Å². The van der Waals surface area contributed by atoms with E-state index in [1.54, 1.807) is 0 Å². The summed E-state index contributed by atoms with van der Waals surface area (Å²) in [7, 11) is 0. The Bertz CT molecular complexity index is 605. The van der Waals surface area contributed by atoms with Crippen molar-refractivity contribution in [2.75, 3.05) is 12.3 Å². The minimum Gasteiger partial charge on any atom is -0.412 e. The predicted octanol–water partition coefficient (Wildman–Crippen LogP) is -2.80. The Morgan fingerprint density at radius 2 is 2.00 bits per heavy atom. The smallest absolute Gasteiger partial charge is 0.167 e. The number of nitrogens with two attached hydrogens (primary N) is 1. The normalized spacial score (nSPS) is 29.6. The number of nitrogen functional groups attached to an aromatic ring is 1. The molecule has 1 saturated heterocycles. The number of aliphatic hydroxyl groups excluding tert-OH is 3. The Hall–Kier alpha value is -1.85. The van der Waals surface area contributed by atoms with Gasteiger partial charge in [-0.3, -0.25) is 4.57 Å². The second-order valence-electron chi connectivity index (χ2n) is 4.31. The molecule has 0 saturated carbocycles. The van der Waals surface area contributed by atoms with Crippen LogP contribution in [-0.4, -0.2) is 65.2 Å². The third kappa shape index (κ3) is 1.99. The molecule has 0 spiro atoms. The van der Waals surface area contributed by atoms with Crippen LogP contribution in [0, 0.1) is 0 Å². The summed E-state index contributed by atoms with van der Waals surface area (Å²) >= 11 is 0. The summed E-state index contributed by atoms with van der Waals surface area (Å²) in [6.45, 7) is -0.390. The van der Waals surface area contributed by atoms with E-state index in [9.17, 15) is 10.2 Å². The molecule has 3 rings (SSSR count). The Labute approximate surface area is 112 Å². The summed E-state index contributed by atoms with van der Waals surface area (Å²) in [5, 5.41) is 28.7. The second kappa shape index (κ2) is 5.26. The van der Waals surface area contributed by atoms with Gasteiger partial charge >= 0.3 is 0 Å². The summed E-state index contributed by atoms with van der Waals surface area (Å²) in [6.07, 6.45) is -1.42. The minimum absolute atomic E-state index is 0. The van der Waals surface area contributed by atoms with Crippen molar-refractivity contribution < 1.29 is 25.5 Å². The Kier molecular flexibility index (Phi) is 3.83. The largest absolute Gasteiger partial charge is 0.412 e. The first-order valence-corrected chi connectivity index (χ1v) is 5.69. The van der Waals surface area contributed by atoms with Crippen LogP contribution in [0.2, 0.25) is 0 Å². The lowest BCUT2D eigenvalue weighted by Gasteiger charge is -2.16. The van der Waals surface area contributed by atoms with E-state index in [-0.39, 0.29) is 11.3 Å². The number of aromatic nitrogens is 4. The van der Waals surface area contributed by atoms with Crippen LogP contribution in [0.5, 0.6) is 0 Å².